The first-order chi connectivity index (χ1) is 7.38. The van der Waals surface area contributed by atoms with Gasteiger partial charge in [0, 0.05) is 18.2 Å². The predicted octanol–water partition coefficient (Wildman–Crippen LogP) is 2.23. The van der Waals surface area contributed by atoms with Crippen LogP contribution in [0.25, 0.3) is 0 Å². The monoisotopic (exact) mass is 237 g/mol. The number of aliphatic hydroxyl groups excluding tert-OH is 1. The largest absolute Gasteiger partial charge is 0.416 e. The molecule has 6 heteroatoms. The maximum atomic E-state index is 13.3. The number of aliphatic hydroxyl groups is 1. The van der Waals surface area contributed by atoms with Crippen molar-refractivity contribution in [2.24, 2.45) is 5.73 Å². The van der Waals surface area contributed by atoms with E-state index in [-0.39, 0.29) is 6.42 Å². The van der Waals surface area contributed by atoms with E-state index in [0.717, 1.165) is 18.2 Å². The Balaban J connectivity index is 3.24. The maximum Gasteiger partial charge on any atom is 0.416 e. The molecule has 0 aliphatic carbocycles. The van der Waals surface area contributed by atoms with Gasteiger partial charge in [-0.2, -0.15) is 13.2 Å². The number of rotatable bonds is 3. The molecule has 1 aromatic carbocycles. The molecule has 3 N–H and O–H groups in total. The first-order valence-electron chi connectivity index (χ1n) is 4.60. The first-order valence-corrected chi connectivity index (χ1v) is 4.60. The van der Waals surface area contributed by atoms with Gasteiger partial charge in [-0.05, 0) is 18.6 Å². The lowest BCUT2D eigenvalue weighted by molar-refractivity contribution is -0.138. The fourth-order valence-corrected chi connectivity index (χ4v) is 1.44. The highest BCUT2D eigenvalue weighted by Crippen LogP contribution is 2.35. The minimum Gasteiger partial charge on any atom is -0.396 e. The smallest absolute Gasteiger partial charge is 0.396 e. The van der Waals surface area contributed by atoms with Crippen LogP contribution >= 0.6 is 0 Å². The molecular formula is C10H11F4NO. The lowest BCUT2D eigenvalue weighted by atomic mass is 9.98. The van der Waals surface area contributed by atoms with E-state index in [9.17, 15) is 17.6 Å². The average Bonchev–Trinajstić information content (AvgIpc) is 2.16. The van der Waals surface area contributed by atoms with Gasteiger partial charge >= 0.3 is 6.18 Å². The summed E-state index contributed by atoms with van der Waals surface area (Å²) in [7, 11) is 0. The summed E-state index contributed by atoms with van der Waals surface area (Å²) >= 11 is 0. The van der Waals surface area contributed by atoms with Crippen molar-refractivity contribution in [2.75, 3.05) is 6.61 Å². The molecule has 0 amide bonds. The fraction of sp³-hybridized carbons (Fsp3) is 0.400. The van der Waals surface area contributed by atoms with Gasteiger partial charge in [-0.25, -0.2) is 4.39 Å². The molecule has 0 spiro atoms. The Morgan fingerprint density at radius 2 is 1.94 bits per heavy atom. The zero-order valence-electron chi connectivity index (χ0n) is 8.26. The molecule has 0 aliphatic rings. The molecule has 0 saturated heterocycles. The van der Waals surface area contributed by atoms with Crippen molar-refractivity contribution < 1.29 is 22.7 Å². The Morgan fingerprint density at radius 1 is 1.31 bits per heavy atom. The summed E-state index contributed by atoms with van der Waals surface area (Å²) in [5, 5.41) is 8.60. The van der Waals surface area contributed by atoms with Crippen molar-refractivity contribution in [1.82, 2.24) is 0 Å². The minimum absolute atomic E-state index is 0.121. The summed E-state index contributed by atoms with van der Waals surface area (Å²) in [4.78, 5) is 0. The Labute approximate surface area is 89.7 Å². The molecule has 1 rings (SSSR count). The van der Waals surface area contributed by atoms with Crippen molar-refractivity contribution in [3.8, 4) is 0 Å². The highest BCUT2D eigenvalue weighted by Gasteiger charge is 2.35. The van der Waals surface area contributed by atoms with Gasteiger partial charge in [0.1, 0.15) is 5.82 Å². The number of halogens is 4. The lowest BCUT2D eigenvalue weighted by Gasteiger charge is -2.18. The van der Waals surface area contributed by atoms with E-state index in [0.29, 0.717) is 0 Å². The van der Waals surface area contributed by atoms with Gasteiger partial charge in [-0.15, -0.1) is 0 Å². The predicted molar refractivity (Wildman–Crippen MR) is 50.0 cm³/mol. The normalized spacial score (nSPS) is 13.9. The van der Waals surface area contributed by atoms with E-state index in [1.54, 1.807) is 0 Å². The van der Waals surface area contributed by atoms with E-state index < -0.39 is 35.8 Å². The van der Waals surface area contributed by atoms with E-state index >= 15 is 0 Å². The van der Waals surface area contributed by atoms with Gasteiger partial charge in [-0.3, -0.25) is 0 Å². The SMILES string of the molecule is N[C@H](CCO)c1c(F)cccc1C(F)(F)F. The van der Waals surface area contributed by atoms with Crippen molar-refractivity contribution in [2.45, 2.75) is 18.6 Å². The quantitative estimate of drug-likeness (QED) is 0.792. The molecule has 0 fully saturated rings. The summed E-state index contributed by atoms with van der Waals surface area (Å²) in [5.74, 6) is -1.00. The number of hydrogen-bond acceptors (Lipinski definition) is 2. The van der Waals surface area contributed by atoms with Crippen LogP contribution in [0.4, 0.5) is 17.6 Å². The third-order valence-corrected chi connectivity index (χ3v) is 2.17. The second kappa shape index (κ2) is 4.80. The molecule has 0 aliphatic heterocycles. The van der Waals surface area contributed by atoms with Crippen LogP contribution in [-0.4, -0.2) is 11.7 Å². The Bertz CT molecular complexity index is 364. The molecule has 0 radical (unpaired) electrons. The summed E-state index contributed by atoms with van der Waals surface area (Å²) in [6, 6.07) is 1.51. The van der Waals surface area contributed by atoms with Gasteiger partial charge in [0.15, 0.2) is 0 Å². The minimum atomic E-state index is -4.65. The van der Waals surface area contributed by atoms with Crippen LogP contribution in [0, 0.1) is 5.82 Å². The van der Waals surface area contributed by atoms with Crippen molar-refractivity contribution in [1.29, 1.82) is 0 Å². The molecule has 1 aromatic rings. The molecule has 90 valence electrons. The zero-order chi connectivity index (χ0) is 12.3. The molecule has 0 unspecified atom stereocenters. The maximum absolute atomic E-state index is 13.3. The molecular weight excluding hydrogens is 226 g/mol. The third kappa shape index (κ3) is 2.70. The van der Waals surface area contributed by atoms with Crippen molar-refractivity contribution in [3.05, 3.63) is 35.1 Å². The standard InChI is InChI=1S/C10H11F4NO/c11-7-3-1-2-6(10(12,13)14)9(7)8(15)4-5-16/h1-3,8,16H,4-5,15H2/t8-/m1/s1. The molecule has 0 aromatic heterocycles. The molecule has 0 heterocycles. The van der Waals surface area contributed by atoms with Gasteiger partial charge in [-0.1, -0.05) is 6.07 Å². The van der Waals surface area contributed by atoms with Crippen LogP contribution in [0.5, 0.6) is 0 Å². The topological polar surface area (TPSA) is 46.2 Å². The Kier molecular flexibility index (Phi) is 3.88. The van der Waals surface area contributed by atoms with Crippen LogP contribution in [0.2, 0.25) is 0 Å². The third-order valence-electron chi connectivity index (χ3n) is 2.17. The summed E-state index contributed by atoms with van der Waals surface area (Å²) < 4.78 is 50.9. The van der Waals surface area contributed by atoms with Gasteiger partial charge < -0.3 is 10.8 Å². The molecule has 2 nitrogen and oxygen atoms in total. The highest BCUT2D eigenvalue weighted by atomic mass is 19.4. The first kappa shape index (κ1) is 12.9. The van der Waals surface area contributed by atoms with E-state index in [1.807, 2.05) is 0 Å². The number of hydrogen-bond donors (Lipinski definition) is 2. The summed E-state index contributed by atoms with van der Waals surface area (Å²) in [6.07, 6.45) is -4.77. The number of alkyl halides is 3. The van der Waals surface area contributed by atoms with Crippen molar-refractivity contribution in [3.63, 3.8) is 0 Å². The van der Waals surface area contributed by atoms with Gasteiger partial charge in [0.05, 0.1) is 5.56 Å². The fourth-order valence-electron chi connectivity index (χ4n) is 1.44. The second-order valence-electron chi connectivity index (χ2n) is 3.32. The number of benzene rings is 1. The molecule has 0 bridgehead atoms. The second-order valence-corrected chi connectivity index (χ2v) is 3.32. The summed E-state index contributed by atoms with van der Waals surface area (Å²) in [6.45, 7) is -0.396. The highest BCUT2D eigenvalue weighted by molar-refractivity contribution is 5.33. The Morgan fingerprint density at radius 3 is 2.44 bits per heavy atom. The van der Waals surface area contributed by atoms with Crippen LogP contribution < -0.4 is 5.73 Å². The summed E-state index contributed by atoms with van der Waals surface area (Å²) in [5.41, 5.74) is 3.72. The Hall–Kier alpha value is -1.14. The van der Waals surface area contributed by atoms with Crippen LogP contribution in [0.1, 0.15) is 23.6 Å². The van der Waals surface area contributed by atoms with E-state index in [2.05, 4.69) is 0 Å². The van der Waals surface area contributed by atoms with Crippen molar-refractivity contribution >= 4 is 0 Å². The van der Waals surface area contributed by atoms with Crippen LogP contribution in [-0.2, 0) is 6.18 Å². The average molecular weight is 237 g/mol. The molecule has 0 saturated carbocycles. The van der Waals surface area contributed by atoms with E-state index in [4.69, 9.17) is 10.8 Å². The lowest BCUT2D eigenvalue weighted by Crippen LogP contribution is -2.20. The molecule has 1 atom stereocenters. The van der Waals surface area contributed by atoms with Gasteiger partial charge in [0.25, 0.3) is 0 Å². The number of nitrogens with two attached hydrogens (primary N) is 1. The zero-order valence-corrected chi connectivity index (χ0v) is 8.26. The van der Waals surface area contributed by atoms with Gasteiger partial charge in [0.2, 0.25) is 0 Å². The van der Waals surface area contributed by atoms with Crippen LogP contribution in [0.3, 0.4) is 0 Å². The van der Waals surface area contributed by atoms with Crippen LogP contribution in [0.15, 0.2) is 18.2 Å². The molecule has 16 heavy (non-hydrogen) atoms. The van der Waals surface area contributed by atoms with E-state index in [1.165, 1.54) is 0 Å².